The van der Waals surface area contributed by atoms with Crippen LogP contribution in [0.15, 0.2) is 59.0 Å². The average molecular weight is 400 g/mol. The van der Waals surface area contributed by atoms with E-state index in [2.05, 4.69) is 5.32 Å². The predicted molar refractivity (Wildman–Crippen MR) is 93.6 cm³/mol. The van der Waals surface area contributed by atoms with Gasteiger partial charge in [0.15, 0.2) is 5.76 Å². The van der Waals surface area contributed by atoms with E-state index in [4.69, 9.17) is 27.6 Å². The Morgan fingerprint density at radius 3 is 2.50 bits per heavy atom. The van der Waals surface area contributed by atoms with Crippen LogP contribution in [0, 0.1) is 0 Å². The van der Waals surface area contributed by atoms with E-state index in [0.717, 1.165) is 12.1 Å². The molecule has 1 aromatic heterocycles. The van der Waals surface area contributed by atoms with Crippen molar-refractivity contribution < 1.29 is 22.4 Å². The van der Waals surface area contributed by atoms with Crippen molar-refractivity contribution >= 4 is 34.8 Å². The van der Waals surface area contributed by atoms with Crippen molar-refractivity contribution in [2.45, 2.75) is 6.18 Å². The standard InChI is InChI=1S/C18H10Cl2F3NO2/c19-11-4-5-14(20)13(9-11)15-6-7-16(26-15)17(25)24-12-3-1-2-10(8-12)18(21,22)23/h1-9H,(H,24,25). The van der Waals surface area contributed by atoms with Crippen molar-refractivity contribution in [3.8, 4) is 11.3 Å². The molecule has 0 radical (unpaired) electrons. The summed E-state index contributed by atoms with van der Waals surface area (Å²) in [7, 11) is 0. The third-order valence-electron chi connectivity index (χ3n) is 3.47. The summed E-state index contributed by atoms with van der Waals surface area (Å²) < 4.78 is 43.7. The normalized spacial score (nSPS) is 11.4. The highest BCUT2D eigenvalue weighted by Gasteiger charge is 2.30. The molecule has 3 aromatic rings. The number of rotatable bonds is 3. The molecule has 1 N–H and O–H groups in total. The largest absolute Gasteiger partial charge is 0.451 e. The van der Waals surface area contributed by atoms with E-state index in [9.17, 15) is 18.0 Å². The van der Waals surface area contributed by atoms with Gasteiger partial charge < -0.3 is 9.73 Å². The summed E-state index contributed by atoms with van der Waals surface area (Å²) in [6.45, 7) is 0. The third-order valence-corrected chi connectivity index (χ3v) is 4.04. The van der Waals surface area contributed by atoms with Crippen molar-refractivity contribution in [2.75, 3.05) is 5.32 Å². The van der Waals surface area contributed by atoms with Crippen LogP contribution in [0.25, 0.3) is 11.3 Å². The smallest absolute Gasteiger partial charge is 0.416 e. The molecule has 0 aliphatic carbocycles. The van der Waals surface area contributed by atoms with Crippen LogP contribution in [0.4, 0.5) is 18.9 Å². The lowest BCUT2D eigenvalue weighted by Crippen LogP contribution is -2.12. The highest BCUT2D eigenvalue weighted by molar-refractivity contribution is 6.35. The van der Waals surface area contributed by atoms with Crippen LogP contribution in [0.2, 0.25) is 10.0 Å². The lowest BCUT2D eigenvalue weighted by Gasteiger charge is -2.09. The minimum absolute atomic E-state index is 0.00330. The van der Waals surface area contributed by atoms with Crippen molar-refractivity contribution in [1.82, 2.24) is 0 Å². The molecule has 0 aliphatic rings. The number of amides is 1. The fourth-order valence-corrected chi connectivity index (χ4v) is 2.64. The number of hydrogen-bond donors (Lipinski definition) is 1. The predicted octanol–water partition coefficient (Wildman–Crippen LogP) is 6.52. The first-order valence-corrected chi connectivity index (χ1v) is 8.03. The molecule has 0 aliphatic heterocycles. The average Bonchev–Trinajstić information content (AvgIpc) is 3.06. The Morgan fingerprint density at radius 1 is 1.00 bits per heavy atom. The molecule has 26 heavy (non-hydrogen) atoms. The maximum atomic E-state index is 12.7. The van der Waals surface area contributed by atoms with Crippen molar-refractivity contribution in [1.29, 1.82) is 0 Å². The second-order valence-electron chi connectivity index (χ2n) is 5.32. The number of carbonyl (C=O) groups is 1. The Morgan fingerprint density at radius 2 is 1.77 bits per heavy atom. The van der Waals surface area contributed by atoms with Gasteiger partial charge in [-0.05, 0) is 48.5 Å². The zero-order valence-electron chi connectivity index (χ0n) is 12.9. The fourth-order valence-electron chi connectivity index (χ4n) is 2.26. The minimum Gasteiger partial charge on any atom is -0.451 e. The van der Waals surface area contributed by atoms with Crippen LogP contribution < -0.4 is 5.32 Å². The van der Waals surface area contributed by atoms with E-state index < -0.39 is 17.6 Å². The summed E-state index contributed by atoms with van der Waals surface area (Å²) in [4.78, 5) is 12.2. The number of anilines is 1. The van der Waals surface area contributed by atoms with E-state index in [1.165, 1.54) is 24.3 Å². The van der Waals surface area contributed by atoms with Gasteiger partial charge in [0.05, 0.1) is 10.6 Å². The fraction of sp³-hybridized carbons (Fsp3) is 0.0556. The highest BCUT2D eigenvalue weighted by Crippen LogP contribution is 2.33. The minimum atomic E-state index is -4.50. The molecule has 134 valence electrons. The molecule has 0 bridgehead atoms. The van der Waals surface area contributed by atoms with E-state index in [1.807, 2.05) is 0 Å². The molecule has 3 nitrogen and oxygen atoms in total. The number of benzene rings is 2. The molecule has 0 saturated carbocycles. The Labute approximate surface area is 156 Å². The van der Waals surface area contributed by atoms with Gasteiger partial charge in [-0.25, -0.2) is 0 Å². The first kappa shape index (κ1) is 18.4. The molecule has 1 amide bonds. The second kappa shape index (κ2) is 7.05. The Balaban J connectivity index is 1.82. The number of furan rings is 1. The van der Waals surface area contributed by atoms with Crippen molar-refractivity contribution in [3.05, 3.63) is 76.0 Å². The van der Waals surface area contributed by atoms with Crippen LogP contribution >= 0.6 is 23.2 Å². The zero-order chi connectivity index (χ0) is 18.9. The summed E-state index contributed by atoms with van der Waals surface area (Å²) in [5.41, 5.74) is -0.359. The number of hydrogen-bond acceptors (Lipinski definition) is 2. The van der Waals surface area contributed by atoms with Gasteiger partial charge >= 0.3 is 6.18 Å². The first-order chi connectivity index (χ1) is 12.2. The Bertz CT molecular complexity index is 967. The van der Waals surface area contributed by atoms with Gasteiger partial charge in [-0.2, -0.15) is 13.2 Å². The van der Waals surface area contributed by atoms with Gasteiger partial charge in [0.1, 0.15) is 5.76 Å². The topological polar surface area (TPSA) is 42.2 Å². The van der Waals surface area contributed by atoms with Crippen LogP contribution in [0.5, 0.6) is 0 Å². The summed E-state index contributed by atoms with van der Waals surface area (Å²) in [5, 5.41) is 3.19. The monoisotopic (exact) mass is 399 g/mol. The van der Waals surface area contributed by atoms with E-state index in [1.54, 1.807) is 18.2 Å². The summed E-state index contributed by atoms with van der Waals surface area (Å²) in [5.74, 6) is -0.450. The van der Waals surface area contributed by atoms with Gasteiger partial charge in [-0.15, -0.1) is 0 Å². The number of halogens is 5. The van der Waals surface area contributed by atoms with E-state index in [-0.39, 0.29) is 11.4 Å². The molecule has 3 rings (SSSR count). The SMILES string of the molecule is O=C(Nc1cccc(C(F)(F)F)c1)c1ccc(-c2cc(Cl)ccc2Cl)o1. The maximum Gasteiger partial charge on any atom is 0.416 e. The van der Waals surface area contributed by atoms with Crippen LogP contribution in [0.1, 0.15) is 16.1 Å². The van der Waals surface area contributed by atoms with E-state index in [0.29, 0.717) is 21.4 Å². The molecule has 0 saturated heterocycles. The number of carbonyl (C=O) groups excluding carboxylic acids is 1. The van der Waals surface area contributed by atoms with Crippen molar-refractivity contribution in [2.24, 2.45) is 0 Å². The first-order valence-electron chi connectivity index (χ1n) is 7.28. The molecule has 1 heterocycles. The van der Waals surface area contributed by atoms with Gasteiger partial charge in [0, 0.05) is 16.3 Å². The molecular formula is C18H10Cl2F3NO2. The molecule has 0 spiro atoms. The second-order valence-corrected chi connectivity index (χ2v) is 6.16. The zero-order valence-corrected chi connectivity index (χ0v) is 14.4. The van der Waals surface area contributed by atoms with Gasteiger partial charge in [-0.1, -0.05) is 29.3 Å². The quantitative estimate of drug-likeness (QED) is 0.544. The molecule has 0 unspecified atom stereocenters. The lowest BCUT2D eigenvalue weighted by molar-refractivity contribution is -0.137. The van der Waals surface area contributed by atoms with Crippen molar-refractivity contribution in [3.63, 3.8) is 0 Å². The maximum absolute atomic E-state index is 12.7. The number of alkyl halides is 3. The van der Waals surface area contributed by atoms with Crippen LogP contribution in [0.3, 0.4) is 0 Å². The molecular weight excluding hydrogens is 390 g/mol. The lowest BCUT2D eigenvalue weighted by atomic mass is 10.2. The Hall–Kier alpha value is -2.44. The summed E-state index contributed by atoms with van der Waals surface area (Å²) >= 11 is 12.0. The molecule has 0 fully saturated rings. The third kappa shape index (κ3) is 4.03. The molecule has 8 heteroatoms. The highest BCUT2D eigenvalue weighted by atomic mass is 35.5. The van der Waals surface area contributed by atoms with E-state index >= 15 is 0 Å². The van der Waals surface area contributed by atoms with Crippen LogP contribution in [-0.2, 0) is 6.18 Å². The van der Waals surface area contributed by atoms with Crippen LogP contribution in [-0.4, -0.2) is 5.91 Å². The van der Waals surface area contributed by atoms with Gasteiger partial charge in [0.25, 0.3) is 5.91 Å². The number of nitrogens with one attached hydrogen (secondary N) is 1. The van der Waals surface area contributed by atoms with Gasteiger partial charge in [0.2, 0.25) is 0 Å². The Kier molecular flexibility index (Phi) is 4.98. The summed E-state index contributed by atoms with van der Waals surface area (Å²) in [6, 6.07) is 12.0. The molecule has 2 aromatic carbocycles. The summed E-state index contributed by atoms with van der Waals surface area (Å²) in [6.07, 6.45) is -4.50. The molecule has 0 atom stereocenters. The van der Waals surface area contributed by atoms with Gasteiger partial charge in [-0.3, -0.25) is 4.79 Å².